The van der Waals surface area contributed by atoms with Gasteiger partial charge in [0.1, 0.15) is 5.75 Å². The first-order chi connectivity index (χ1) is 17.5. The second-order valence-corrected chi connectivity index (χ2v) is 9.38. The highest BCUT2D eigenvalue weighted by molar-refractivity contribution is 6.21. The number of carbonyl (C=O) groups excluding carboxylic acids is 4. The zero-order valence-electron chi connectivity index (χ0n) is 20.2. The van der Waals surface area contributed by atoms with Crippen LogP contribution in [0.2, 0.25) is 0 Å². The number of hydrogen-bond acceptors (Lipinski definition) is 6. The number of fused-ring (bicyclic) bond motifs is 2. The van der Waals surface area contributed by atoms with Crippen molar-refractivity contribution in [2.45, 2.75) is 32.1 Å². The molecule has 188 valence electrons. The third kappa shape index (κ3) is 4.97. The standard InChI is InChI=1S/C27H30N4O5/c32-24(9-6-14-31-26(34)20-7-2-3-8-21(20)27(31)35)28-19-10-11-23-22(17-19)30(25(33)18-36-23)16-15-29-12-4-1-5-13-29/h2-3,7-8,10-11,17H,1,4-6,9,12-16,18H2,(H,28,32). The van der Waals surface area contributed by atoms with E-state index >= 15 is 0 Å². The SMILES string of the molecule is O=C(CCCN1C(=O)c2ccccc2C1=O)Nc1ccc2c(c1)N(CCN1CCCCC1)C(=O)CO2. The number of nitrogens with one attached hydrogen (secondary N) is 1. The number of hydrogen-bond donors (Lipinski definition) is 1. The number of nitrogens with zero attached hydrogens (tertiary/aromatic N) is 3. The fourth-order valence-corrected chi connectivity index (χ4v) is 5.01. The molecule has 36 heavy (non-hydrogen) atoms. The minimum Gasteiger partial charge on any atom is -0.482 e. The van der Waals surface area contributed by atoms with Gasteiger partial charge in [0.2, 0.25) is 5.91 Å². The molecule has 1 N–H and O–H groups in total. The molecule has 4 amide bonds. The first kappa shape index (κ1) is 24.0. The number of piperidine rings is 1. The molecule has 0 aromatic heterocycles. The summed E-state index contributed by atoms with van der Waals surface area (Å²) in [6.45, 7) is 3.68. The second kappa shape index (κ2) is 10.5. The molecule has 1 fully saturated rings. The highest BCUT2D eigenvalue weighted by Crippen LogP contribution is 2.34. The predicted molar refractivity (Wildman–Crippen MR) is 134 cm³/mol. The van der Waals surface area contributed by atoms with Crippen molar-refractivity contribution in [1.29, 1.82) is 0 Å². The van der Waals surface area contributed by atoms with E-state index in [1.165, 1.54) is 24.2 Å². The number of amides is 4. The highest BCUT2D eigenvalue weighted by atomic mass is 16.5. The fourth-order valence-electron chi connectivity index (χ4n) is 5.01. The lowest BCUT2D eigenvalue weighted by Gasteiger charge is -2.33. The van der Waals surface area contributed by atoms with E-state index in [-0.39, 0.29) is 43.2 Å². The number of rotatable bonds is 8. The van der Waals surface area contributed by atoms with Gasteiger partial charge < -0.3 is 19.9 Å². The summed E-state index contributed by atoms with van der Waals surface area (Å²) in [5.74, 6) is -0.338. The third-order valence-corrected chi connectivity index (χ3v) is 6.94. The number of benzene rings is 2. The Labute approximate surface area is 210 Å². The molecular weight excluding hydrogens is 460 g/mol. The maximum Gasteiger partial charge on any atom is 0.265 e. The first-order valence-electron chi connectivity index (χ1n) is 12.6. The van der Waals surface area contributed by atoms with Crippen molar-refractivity contribution >= 4 is 35.0 Å². The monoisotopic (exact) mass is 490 g/mol. The van der Waals surface area contributed by atoms with Crippen molar-refractivity contribution in [2.24, 2.45) is 0 Å². The lowest BCUT2D eigenvalue weighted by atomic mass is 10.1. The predicted octanol–water partition coefficient (Wildman–Crippen LogP) is 2.91. The van der Waals surface area contributed by atoms with Crippen LogP contribution in [-0.4, -0.2) is 72.8 Å². The molecule has 2 aromatic carbocycles. The molecule has 2 aromatic rings. The molecule has 1 saturated heterocycles. The van der Waals surface area contributed by atoms with E-state index in [4.69, 9.17) is 4.74 Å². The molecule has 0 bridgehead atoms. The molecule has 0 radical (unpaired) electrons. The van der Waals surface area contributed by atoms with Gasteiger partial charge in [-0.25, -0.2) is 0 Å². The zero-order valence-corrected chi connectivity index (χ0v) is 20.2. The number of ether oxygens (including phenoxy) is 1. The Morgan fingerprint density at radius 1 is 0.861 bits per heavy atom. The van der Waals surface area contributed by atoms with Crippen molar-refractivity contribution in [3.63, 3.8) is 0 Å². The molecule has 0 unspecified atom stereocenters. The molecule has 9 heteroatoms. The summed E-state index contributed by atoms with van der Waals surface area (Å²) >= 11 is 0. The molecule has 0 spiro atoms. The van der Waals surface area contributed by atoms with Crippen molar-refractivity contribution in [3.05, 3.63) is 53.6 Å². The van der Waals surface area contributed by atoms with Crippen LogP contribution in [0.1, 0.15) is 52.8 Å². The van der Waals surface area contributed by atoms with Crippen LogP contribution in [0.4, 0.5) is 11.4 Å². The highest BCUT2D eigenvalue weighted by Gasteiger charge is 2.34. The van der Waals surface area contributed by atoms with Crippen LogP contribution in [0.3, 0.4) is 0 Å². The lowest BCUT2D eigenvalue weighted by Crippen LogP contribution is -2.44. The summed E-state index contributed by atoms with van der Waals surface area (Å²) < 4.78 is 5.60. The van der Waals surface area contributed by atoms with Gasteiger partial charge in [0.15, 0.2) is 6.61 Å². The van der Waals surface area contributed by atoms with Crippen molar-refractivity contribution in [1.82, 2.24) is 9.80 Å². The molecule has 3 aliphatic heterocycles. The van der Waals surface area contributed by atoms with Crippen molar-refractivity contribution < 1.29 is 23.9 Å². The minimum atomic E-state index is -0.319. The van der Waals surface area contributed by atoms with Gasteiger partial charge in [-0.15, -0.1) is 0 Å². The number of anilines is 2. The van der Waals surface area contributed by atoms with E-state index in [2.05, 4.69) is 10.2 Å². The number of imide groups is 1. The van der Waals surface area contributed by atoms with Crippen LogP contribution < -0.4 is 15.0 Å². The topological polar surface area (TPSA) is 99.3 Å². The summed E-state index contributed by atoms with van der Waals surface area (Å²) in [6, 6.07) is 12.0. The molecule has 0 saturated carbocycles. The maximum absolute atomic E-state index is 12.6. The Morgan fingerprint density at radius 3 is 2.31 bits per heavy atom. The molecule has 9 nitrogen and oxygen atoms in total. The van der Waals surface area contributed by atoms with Gasteiger partial charge in [-0.2, -0.15) is 0 Å². The Bertz CT molecular complexity index is 1160. The third-order valence-electron chi connectivity index (χ3n) is 6.94. The van der Waals surface area contributed by atoms with E-state index < -0.39 is 0 Å². The Hall–Kier alpha value is -3.72. The summed E-state index contributed by atoms with van der Waals surface area (Å²) in [7, 11) is 0. The van der Waals surface area contributed by atoms with E-state index in [0.29, 0.717) is 41.2 Å². The van der Waals surface area contributed by atoms with Crippen LogP contribution in [0.25, 0.3) is 0 Å². The van der Waals surface area contributed by atoms with Gasteiger partial charge in [-0.1, -0.05) is 18.6 Å². The Kier molecular flexibility index (Phi) is 6.99. The van der Waals surface area contributed by atoms with Gasteiger partial charge in [-0.05, 0) is 62.7 Å². The molecule has 3 aliphatic rings. The van der Waals surface area contributed by atoms with E-state index in [0.717, 1.165) is 19.6 Å². The van der Waals surface area contributed by atoms with Crippen LogP contribution in [0, 0.1) is 0 Å². The van der Waals surface area contributed by atoms with Gasteiger partial charge in [0.25, 0.3) is 17.7 Å². The second-order valence-electron chi connectivity index (χ2n) is 9.38. The first-order valence-corrected chi connectivity index (χ1v) is 12.6. The number of carbonyl (C=O) groups is 4. The molecule has 5 rings (SSSR count). The summed E-state index contributed by atoms with van der Waals surface area (Å²) in [6.07, 6.45) is 4.15. The minimum absolute atomic E-state index is 0.0104. The van der Waals surface area contributed by atoms with Gasteiger partial charge in [0, 0.05) is 31.7 Å². The van der Waals surface area contributed by atoms with Gasteiger partial charge >= 0.3 is 0 Å². The average molecular weight is 491 g/mol. The quantitative estimate of drug-likeness (QED) is 0.572. The van der Waals surface area contributed by atoms with Crippen LogP contribution in [-0.2, 0) is 9.59 Å². The average Bonchev–Trinajstić information content (AvgIpc) is 3.14. The Balaban J connectivity index is 1.16. The lowest BCUT2D eigenvalue weighted by molar-refractivity contribution is -0.121. The Morgan fingerprint density at radius 2 is 1.58 bits per heavy atom. The van der Waals surface area contributed by atoms with Crippen molar-refractivity contribution in [3.8, 4) is 5.75 Å². The summed E-state index contributed by atoms with van der Waals surface area (Å²) in [4.78, 5) is 55.5. The van der Waals surface area contributed by atoms with E-state index in [1.54, 1.807) is 47.4 Å². The number of likely N-dealkylation sites (tertiary alicyclic amines) is 1. The molecular formula is C27H30N4O5. The summed E-state index contributed by atoms with van der Waals surface area (Å²) in [5, 5.41) is 2.87. The molecule has 3 heterocycles. The molecule has 0 aliphatic carbocycles. The van der Waals surface area contributed by atoms with Crippen LogP contribution in [0.15, 0.2) is 42.5 Å². The van der Waals surface area contributed by atoms with E-state index in [9.17, 15) is 19.2 Å². The normalized spacial score (nSPS) is 17.6. The van der Waals surface area contributed by atoms with Gasteiger partial charge in [-0.3, -0.25) is 24.1 Å². The zero-order chi connectivity index (χ0) is 25.1. The van der Waals surface area contributed by atoms with Gasteiger partial charge in [0.05, 0.1) is 16.8 Å². The fraction of sp³-hybridized carbons (Fsp3) is 0.407. The smallest absolute Gasteiger partial charge is 0.265 e. The largest absolute Gasteiger partial charge is 0.482 e. The van der Waals surface area contributed by atoms with Crippen LogP contribution >= 0.6 is 0 Å². The van der Waals surface area contributed by atoms with E-state index in [1.807, 2.05) is 0 Å². The summed E-state index contributed by atoms with van der Waals surface area (Å²) in [5.41, 5.74) is 2.04. The molecule has 0 atom stereocenters. The van der Waals surface area contributed by atoms with Crippen molar-refractivity contribution in [2.75, 3.05) is 49.5 Å². The van der Waals surface area contributed by atoms with Crippen LogP contribution in [0.5, 0.6) is 5.75 Å². The maximum atomic E-state index is 12.6.